The SMILES string of the molecule is COc1cc2c(cc1OC)C(CCc1c[nH]c3ccccc13)N(C1CC(C(=O)C3CCOC(N4CCc5cc(OC)c(OC)cc5C4CCc4c[nH]c5ccccc45)C3)CCO1)CC2. The van der Waals surface area contributed by atoms with Crippen LogP contribution >= 0.6 is 0 Å². The number of aryl methyl sites for hydroxylation is 2. The first-order valence-electron chi connectivity index (χ1n) is 23.3. The summed E-state index contributed by atoms with van der Waals surface area (Å²) in [6.45, 7) is 2.84. The van der Waals surface area contributed by atoms with Gasteiger partial charge in [-0.05, 0) is 134 Å². The van der Waals surface area contributed by atoms with Crippen LogP contribution in [0.5, 0.6) is 23.0 Å². The molecule has 6 atom stereocenters. The average Bonchev–Trinajstić information content (AvgIpc) is 3.97. The van der Waals surface area contributed by atoms with Crippen molar-refractivity contribution in [2.45, 2.75) is 88.7 Å². The molecule has 2 fully saturated rings. The van der Waals surface area contributed by atoms with Gasteiger partial charge in [-0.2, -0.15) is 0 Å². The Morgan fingerprint density at radius 1 is 0.609 bits per heavy atom. The van der Waals surface area contributed by atoms with Crippen molar-refractivity contribution >= 4 is 27.6 Å². The van der Waals surface area contributed by atoms with Gasteiger partial charge in [0.2, 0.25) is 0 Å². The summed E-state index contributed by atoms with van der Waals surface area (Å²) in [5.74, 6) is 3.23. The molecule has 0 aliphatic carbocycles. The number of nitrogens with zero attached hydrogens (tertiary/aromatic N) is 2. The first kappa shape index (κ1) is 42.6. The summed E-state index contributed by atoms with van der Waals surface area (Å²) in [5, 5.41) is 2.53. The quantitative estimate of drug-likeness (QED) is 0.111. The first-order valence-corrected chi connectivity index (χ1v) is 23.3. The van der Waals surface area contributed by atoms with Crippen LogP contribution in [0.25, 0.3) is 21.8 Å². The van der Waals surface area contributed by atoms with Crippen LogP contribution in [-0.2, 0) is 40.0 Å². The van der Waals surface area contributed by atoms with Crippen molar-refractivity contribution in [1.82, 2.24) is 19.8 Å². The van der Waals surface area contributed by atoms with Crippen molar-refractivity contribution < 1.29 is 33.2 Å². The van der Waals surface area contributed by atoms with Crippen molar-refractivity contribution in [3.63, 3.8) is 0 Å². The molecule has 64 heavy (non-hydrogen) atoms. The Hall–Kier alpha value is -5.33. The van der Waals surface area contributed by atoms with E-state index < -0.39 is 0 Å². The number of fused-ring (bicyclic) bond motifs is 4. The zero-order valence-electron chi connectivity index (χ0n) is 37.7. The number of ether oxygens (including phenoxy) is 6. The van der Waals surface area contributed by atoms with Crippen LogP contribution < -0.4 is 18.9 Å². The van der Waals surface area contributed by atoms with E-state index in [0.29, 0.717) is 31.8 Å². The molecule has 11 heteroatoms. The van der Waals surface area contributed by atoms with Crippen LogP contribution in [0.2, 0.25) is 0 Å². The van der Waals surface area contributed by atoms with E-state index in [-0.39, 0.29) is 36.4 Å². The lowest BCUT2D eigenvalue weighted by Gasteiger charge is -2.46. The van der Waals surface area contributed by atoms with Crippen molar-refractivity contribution in [3.8, 4) is 23.0 Å². The van der Waals surface area contributed by atoms with Gasteiger partial charge in [0.05, 0.1) is 28.4 Å². The fourth-order valence-corrected chi connectivity index (χ4v) is 11.6. The number of hydrogen-bond acceptors (Lipinski definition) is 9. The van der Waals surface area contributed by atoms with Gasteiger partial charge in [-0.3, -0.25) is 14.6 Å². The molecule has 4 aromatic carbocycles. The predicted molar refractivity (Wildman–Crippen MR) is 249 cm³/mol. The van der Waals surface area contributed by atoms with Crippen molar-refractivity contribution in [2.75, 3.05) is 54.7 Å². The maximum absolute atomic E-state index is 14.9. The number of rotatable bonds is 14. The number of Topliss-reactive ketones (excluding diaryl/α,β-unsaturated/α-hetero) is 1. The van der Waals surface area contributed by atoms with Crippen LogP contribution in [0.15, 0.2) is 85.2 Å². The Balaban J connectivity index is 0.876. The molecule has 2 N–H and O–H groups in total. The molecule has 4 aliphatic rings. The number of carbonyl (C=O) groups is 1. The normalized spacial score (nSPS) is 24.0. The van der Waals surface area contributed by atoms with Crippen molar-refractivity contribution in [3.05, 3.63) is 119 Å². The molecule has 10 rings (SSSR count). The summed E-state index contributed by atoms with van der Waals surface area (Å²) in [5.41, 5.74) is 10.0. The van der Waals surface area contributed by atoms with E-state index in [4.69, 9.17) is 28.4 Å². The van der Waals surface area contributed by atoms with E-state index in [9.17, 15) is 4.79 Å². The number of carbonyl (C=O) groups excluding carboxylic acids is 1. The fourth-order valence-electron chi connectivity index (χ4n) is 11.6. The van der Waals surface area contributed by atoms with Gasteiger partial charge in [0.25, 0.3) is 0 Å². The van der Waals surface area contributed by atoms with Crippen LogP contribution in [0.3, 0.4) is 0 Å². The molecule has 0 saturated carbocycles. The van der Waals surface area contributed by atoms with E-state index in [1.54, 1.807) is 28.4 Å². The molecule has 11 nitrogen and oxygen atoms in total. The van der Waals surface area contributed by atoms with Crippen LogP contribution in [0, 0.1) is 11.8 Å². The molecule has 4 aliphatic heterocycles. The third-order valence-corrected chi connectivity index (χ3v) is 14.9. The molecule has 6 heterocycles. The van der Waals surface area contributed by atoms with E-state index in [1.807, 2.05) is 0 Å². The fraction of sp³-hybridized carbons (Fsp3) is 0.453. The summed E-state index contributed by atoms with van der Waals surface area (Å²) < 4.78 is 36.5. The zero-order chi connectivity index (χ0) is 43.7. The molecule has 0 spiro atoms. The van der Waals surface area contributed by atoms with Gasteiger partial charge < -0.3 is 38.4 Å². The highest BCUT2D eigenvalue weighted by Gasteiger charge is 2.43. The largest absolute Gasteiger partial charge is 0.493 e. The maximum Gasteiger partial charge on any atom is 0.161 e. The van der Waals surface area contributed by atoms with Crippen molar-refractivity contribution in [2.24, 2.45) is 11.8 Å². The van der Waals surface area contributed by atoms with E-state index in [0.717, 1.165) is 98.5 Å². The number of H-pyrrole nitrogens is 2. The van der Waals surface area contributed by atoms with Gasteiger partial charge >= 0.3 is 0 Å². The lowest BCUT2D eigenvalue weighted by molar-refractivity contribution is -0.157. The summed E-state index contributed by atoms with van der Waals surface area (Å²) in [6, 6.07) is 25.9. The highest BCUT2D eigenvalue weighted by molar-refractivity contribution is 5.84. The molecule has 2 aromatic heterocycles. The van der Waals surface area contributed by atoms with Gasteiger partial charge in [0, 0.05) is 84.4 Å². The lowest BCUT2D eigenvalue weighted by atomic mass is 9.80. The minimum absolute atomic E-state index is 0.0694. The monoisotopic (exact) mass is 866 g/mol. The van der Waals surface area contributed by atoms with E-state index in [1.165, 1.54) is 44.2 Å². The van der Waals surface area contributed by atoms with Gasteiger partial charge in [-0.25, -0.2) is 0 Å². The molecule has 0 radical (unpaired) electrons. The van der Waals surface area contributed by atoms with Gasteiger partial charge in [0.15, 0.2) is 23.0 Å². The second kappa shape index (κ2) is 18.6. The van der Waals surface area contributed by atoms with Crippen LogP contribution in [0.1, 0.15) is 84.0 Å². The summed E-state index contributed by atoms with van der Waals surface area (Å²) in [6.07, 6.45) is 12.2. The Morgan fingerprint density at radius 2 is 1.03 bits per heavy atom. The number of para-hydroxylation sites is 2. The number of ketones is 1. The summed E-state index contributed by atoms with van der Waals surface area (Å²) in [4.78, 5) is 26.9. The molecule has 336 valence electrons. The van der Waals surface area contributed by atoms with Gasteiger partial charge in [-0.1, -0.05) is 36.4 Å². The number of nitrogens with one attached hydrogen (secondary N) is 2. The van der Waals surface area contributed by atoms with Gasteiger partial charge in [-0.15, -0.1) is 0 Å². The zero-order valence-corrected chi connectivity index (χ0v) is 37.7. The number of benzene rings is 4. The number of hydrogen-bond donors (Lipinski definition) is 2. The molecule has 6 unspecified atom stereocenters. The highest BCUT2D eigenvalue weighted by Crippen LogP contribution is 2.45. The number of aromatic amines is 2. The average molecular weight is 867 g/mol. The topological polar surface area (TPSA) is 111 Å². The first-order chi connectivity index (χ1) is 31.4. The Bertz CT molecular complexity index is 2430. The minimum atomic E-state index is -0.160. The maximum atomic E-state index is 14.9. The molecule has 0 amide bonds. The second-order valence-corrected chi connectivity index (χ2v) is 18.1. The molecule has 6 aromatic rings. The van der Waals surface area contributed by atoms with Gasteiger partial charge in [0.1, 0.15) is 18.2 Å². The molecular formula is C53H62N4O7. The Kier molecular flexibility index (Phi) is 12.4. The molecule has 0 bridgehead atoms. The minimum Gasteiger partial charge on any atom is -0.493 e. The van der Waals surface area contributed by atoms with Crippen LogP contribution in [-0.4, -0.2) is 92.7 Å². The van der Waals surface area contributed by atoms with Crippen molar-refractivity contribution in [1.29, 1.82) is 0 Å². The summed E-state index contributed by atoms with van der Waals surface area (Å²) in [7, 11) is 6.81. The van der Waals surface area contributed by atoms with E-state index >= 15 is 0 Å². The lowest BCUT2D eigenvalue weighted by Crippen LogP contribution is -2.50. The van der Waals surface area contributed by atoms with Crippen LogP contribution in [0.4, 0.5) is 0 Å². The second-order valence-electron chi connectivity index (χ2n) is 18.1. The number of methoxy groups -OCH3 is 4. The summed E-state index contributed by atoms with van der Waals surface area (Å²) >= 11 is 0. The molecular weight excluding hydrogens is 805 g/mol. The smallest absolute Gasteiger partial charge is 0.161 e. The molecule has 2 saturated heterocycles. The van der Waals surface area contributed by atoms with E-state index in [2.05, 4.69) is 105 Å². The highest BCUT2D eigenvalue weighted by atomic mass is 16.5. The third-order valence-electron chi connectivity index (χ3n) is 14.9. The predicted octanol–water partition coefficient (Wildman–Crippen LogP) is 9.52. The number of aromatic nitrogens is 2. The Morgan fingerprint density at radius 3 is 1.47 bits per heavy atom. The standard InChI is InChI=1S/C53H62N4O7/c1-59-47-25-33-17-21-56(45(41(33)29-49(47)61-3)15-13-37-31-54-43-11-7-5-9-39(37)43)51-27-35(19-23-63-51)53(58)36-20-24-64-52(28-36)57-22-18-34-26-48(60-2)50(62-4)30-42(34)46(57)16-14-38-32-55-44-12-8-6-10-40(38)44/h5-12,25-26,29-32,35-36,45-46,51-52,54-55H,13-24,27-28H2,1-4H3. The third kappa shape index (κ3) is 8.16. The Labute approximate surface area is 376 Å².